The quantitative estimate of drug-likeness (QED) is 0.918. The number of rotatable bonds is 4. The second kappa shape index (κ2) is 5.55. The lowest BCUT2D eigenvalue weighted by molar-refractivity contribution is 0.548. The molecule has 0 fully saturated rings. The first-order valence-corrected chi connectivity index (χ1v) is 6.43. The molecule has 18 heavy (non-hydrogen) atoms. The molecule has 4 heteroatoms. The van der Waals surface area contributed by atoms with Crippen LogP contribution in [0, 0.1) is 6.92 Å². The molecule has 2 aromatic rings. The third-order valence-corrected chi connectivity index (χ3v) is 3.63. The van der Waals surface area contributed by atoms with E-state index in [2.05, 4.69) is 41.6 Å². The van der Waals surface area contributed by atoms with Crippen LogP contribution >= 0.6 is 11.6 Å². The van der Waals surface area contributed by atoms with Gasteiger partial charge in [0.25, 0.3) is 0 Å². The predicted molar refractivity (Wildman–Crippen MR) is 74.7 cm³/mol. The fourth-order valence-corrected chi connectivity index (χ4v) is 2.21. The van der Waals surface area contributed by atoms with Crippen LogP contribution in [0.1, 0.15) is 29.9 Å². The molecule has 0 radical (unpaired) electrons. The van der Waals surface area contributed by atoms with Gasteiger partial charge < -0.3 is 5.32 Å². The third kappa shape index (κ3) is 2.74. The summed E-state index contributed by atoms with van der Waals surface area (Å²) in [5, 5.41) is 8.53. The lowest BCUT2D eigenvalue weighted by atomic mass is 10.1. The molecule has 1 aromatic heterocycles. The summed E-state index contributed by atoms with van der Waals surface area (Å²) in [6.45, 7) is 4.78. The van der Waals surface area contributed by atoms with E-state index in [4.69, 9.17) is 11.6 Å². The second-order valence-electron chi connectivity index (χ2n) is 4.48. The zero-order valence-electron chi connectivity index (χ0n) is 10.9. The highest BCUT2D eigenvalue weighted by Gasteiger charge is 2.12. The zero-order valence-corrected chi connectivity index (χ0v) is 11.7. The van der Waals surface area contributed by atoms with Crippen molar-refractivity contribution in [1.29, 1.82) is 0 Å². The smallest absolute Gasteiger partial charge is 0.0860 e. The van der Waals surface area contributed by atoms with Gasteiger partial charge in [-0.3, -0.25) is 4.68 Å². The average Bonchev–Trinajstić information content (AvgIpc) is 2.62. The fourth-order valence-electron chi connectivity index (χ4n) is 1.98. The maximum atomic E-state index is 6.22. The topological polar surface area (TPSA) is 29.9 Å². The number of hydrogen-bond donors (Lipinski definition) is 1. The first-order chi connectivity index (χ1) is 8.59. The molecular formula is C14H18ClN3. The van der Waals surface area contributed by atoms with Crippen molar-refractivity contribution in [2.45, 2.75) is 26.4 Å². The molecule has 0 aliphatic heterocycles. The molecule has 1 aromatic carbocycles. The molecule has 0 saturated carbocycles. The highest BCUT2D eigenvalue weighted by atomic mass is 35.5. The van der Waals surface area contributed by atoms with Crippen molar-refractivity contribution in [1.82, 2.24) is 15.1 Å². The zero-order chi connectivity index (χ0) is 13.1. The van der Waals surface area contributed by atoms with E-state index in [0.29, 0.717) is 6.54 Å². The number of aromatic nitrogens is 2. The maximum Gasteiger partial charge on any atom is 0.0860 e. The summed E-state index contributed by atoms with van der Waals surface area (Å²) in [7, 11) is 1.92. The molecule has 96 valence electrons. The Morgan fingerprint density at radius 2 is 2.00 bits per heavy atom. The number of nitrogens with one attached hydrogen (secondary N) is 1. The Morgan fingerprint density at radius 1 is 1.33 bits per heavy atom. The van der Waals surface area contributed by atoms with Crippen LogP contribution in [-0.4, -0.2) is 9.78 Å². The van der Waals surface area contributed by atoms with Crippen molar-refractivity contribution < 1.29 is 0 Å². The molecule has 0 spiro atoms. The van der Waals surface area contributed by atoms with E-state index in [0.717, 1.165) is 16.4 Å². The van der Waals surface area contributed by atoms with Crippen LogP contribution in [0.2, 0.25) is 5.02 Å². The summed E-state index contributed by atoms with van der Waals surface area (Å²) < 4.78 is 1.84. The number of hydrogen-bond acceptors (Lipinski definition) is 2. The number of aryl methyl sites for hydroxylation is 2. The summed E-state index contributed by atoms with van der Waals surface area (Å²) in [6.07, 6.45) is 0. The molecule has 1 heterocycles. The molecule has 0 saturated heterocycles. The Bertz CT molecular complexity index is 519. The fraction of sp³-hybridized carbons (Fsp3) is 0.357. The van der Waals surface area contributed by atoms with Crippen LogP contribution in [0.3, 0.4) is 0 Å². The first kappa shape index (κ1) is 13.1. The SMILES string of the molecule is Cc1nn(C)c(CNC(C)c2ccccc2)c1Cl. The standard InChI is InChI=1S/C14H18ClN3/c1-10(12-7-5-4-6-8-12)16-9-13-14(15)11(2)17-18(13)3/h4-8,10,16H,9H2,1-3H3. The largest absolute Gasteiger partial charge is 0.305 e. The Morgan fingerprint density at radius 3 is 2.56 bits per heavy atom. The van der Waals surface area contributed by atoms with Crippen molar-refractivity contribution in [2.75, 3.05) is 0 Å². The minimum absolute atomic E-state index is 0.289. The molecule has 2 rings (SSSR count). The summed E-state index contributed by atoms with van der Waals surface area (Å²) >= 11 is 6.22. The van der Waals surface area contributed by atoms with Gasteiger partial charge in [0.15, 0.2) is 0 Å². The molecule has 1 atom stereocenters. The van der Waals surface area contributed by atoms with Gasteiger partial charge in [0.05, 0.1) is 16.4 Å². The van der Waals surface area contributed by atoms with Gasteiger partial charge in [-0.25, -0.2) is 0 Å². The van der Waals surface area contributed by atoms with E-state index < -0.39 is 0 Å². The van der Waals surface area contributed by atoms with Gasteiger partial charge >= 0.3 is 0 Å². The van der Waals surface area contributed by atoms with Crippen LogP contribution in [0.5, 0.6) is 0 Å². The van der Waals surface area contributed by atoms with Crippen LogP contribution in [0.15, 0.2) is 30.3 Å². The number of nitrogens with zero attached hydrogens (tertiary/aromatic N) is 2. The number of benzene rings is 1. The molecule has 0 aliphatic rings. The van der Waals surface area contributed by atoms with Crippen molar-refractivity contribution in [3.63, 3.8) is 0 Å². The second-order valence-corrected chi connectivity index (χ2v) is 4.86. The maximum absolute atomic E-state index is 6.22. The van der Waals surface area contributed by atoms with Crippen LogP contribution in [-0.2, 0) is 13.6 Å². The third-order valence-electron chi connectivity index (χ3n) is 3.14. The van der Waals surface area contributed by atoms with Crippen molar-refractivity contribution in [2.24, 2.45) is 7.05 Å². The van der Waals surface area contributed by atoms with Gasteiger partial charge in [0.2, 0.25) is 0 Å². The molecule has 0 amide bonds. The van der Waals surface area contributed by atoms with Crippen molar-refractivity contribution >= 4 is 11.6 Å². The van der Waals surface area contributed by atoms with Gasteiger partial charge in [0.1, 0.15) is 0 Å². The monoisotopic (exact) mass is 263 g/mol. The van der Waals surface area contributed by atoms with Crippen molar-refractivity contribution in [3.8, 4) is 0 Å². The first-order valence-electron chi connectivity index (χ1n) is 6.06. The Kier molecular flexibility index (Phi) is 4.04. The molecular weight excluding hydrogens is 246 g/mol. The Hall–Kier alpha value is -1.32. The minimum Gasteiger partial charge on any atom is -0.305 e. The number of halogens is 1. The van der Waals surface area contributed by atoms with Gasteiger partial charge in [-0.05, 0) is 19.4 Å². The molecule has 1 unspecified atom stereocenters. The lowest BCUT2D eigenvalue weighted by Gasteiger charge is -2.14. The Balaban J connectivity index is 2.04. The van der Waals surface area contributed by atoms with Crippen LogP contribution in [0.4, 0.5) is 0 Å². The van der Waals surface area contributed by atoms with Gasteiger partial charge in [0, 0.05) is 19.6 Å². The highest BCUT2D eigenvalue weighted by molar-refractivity contribution is 6.31. The van der Waals surface area contributed by atoms with Gasteiger partial charge in [-0.2, -0.15) is 5.10 Å². The summed E-state index contributed by atoms with van der Waals surface area (Å²) in [6, 6.07) is 10.7. The average molecular weight is 264 g/mol. The summed E-state index contributed by atoms with van der Waals surface area (Å²) in [5.74, 6) is 0. The van der Waals surface area contributed by atoms with E-state index in [1.165, 1.54) is 5.56 Å². The van der Waals surface area contributed by atoms with E-state index in [1.54, 1.807) is 0 Å². The highest BCUT2D eigenvalue weighted by Crippen LogP contribution is 2.20. The molecule has 3 nitrogen and oxygen atoms in total. The van der Waals surface area contributed by atoms with E-state index >= 15 is 0 Å². The summed E-state index contributed by atoms with van der Waals surface area (Å²) in [5.41, 5.74) is 3.17. The lowest BCUT2D eigenvalue weighted by Crippen LogP contribution is -2.19. The van der Waals surface area contributed by atoms with E-state index in [9.17, 15) is 0 Å². The van der Waals surface area contributed by atoms with Crippen LogP contribution in [0.25, 0.3) is 0 Å². The van der Waals surface area contributed by atoms with E-state index in [1.807, 2.05) is 24.7 Å². The molecule has 1 N–H and O–H groups in total. The van der Waals surface area contributed by atoms with Gasteiger partial charge in [-0.1, -0.05) is 41.9 Å². The minimum atomic E-state index is 0.289. The molecule has 0 bridgehead atoms. The van der Waals surface area contributed by atoms with Crippen molar-refractivity contribution in [3.05, 3.63) is 52.3 Å². The van der Waals surface area contributed by atoms with E-state index in [-0.39, 0.29) is 6.04 Å². The summed E-state index contributed by atoms with van der Waals surface area (Å²) in [4.78, 5) is 0. The predicted octanol–water partition coefficient (Wildman–Crippen LogP) is 3.23. The molecule has 0 aliphatic carbocycles. The Labute approximate surface area is 113 Å². The normalized spacial score (nSPS) is 12.7. The van der Waals surface area contributed by atoms with Gasteiger partial charge in [-0.15, -0.1) is 0 Å². The van der Waals surface area contributed by atoms with Crippen LogP contribution < -0.4 is 5.32 Å².